The third kappa shape index (κ3) is 3.94. The van der Waals surface area contributed by atoms with Crippen LogP contribution in [0.25, 0.3) is 11.3 Å². The number of nitrogens with zero attached hydrogens (tertiary/aromatic N) is 5. The molecule has 0 spiro atoms. The van der Waals surface area contributed by atoms with Crippen molar-refractivity contribution in [3.05, 3.63) is 67.0 Å². The van der Waals surface area contributed by atoms with Gasteiger partial charge >= 0.3 is 0 Å². The number of benzene rings is 2. The fourth-order valence-corrected chi connectivity index (χ4v) is 5.66. The second-order valence-corrected chi connectivity index (χ2v) is 9.95. The first kappa shape index (κ1) is 21.4. The largest absolute Gasteiger partial charge is 0.369 e. The third-order valence-corrected chi connectivity index (χ3v) is 7.66. The molecule has 5 rings (SSSR count). The van der Waals surface area contributed by atoms with Gasteiger partial charge in [0.25, 0.3) is 10.0 Å². The molecule has 9 heteroatoms. The monoisotopic (exact) mass is 462 g/mol. The van der Waals surface area contributed by atoms with Crippen molar-refractivity contribution in [3.8, 4) is 11.3 Å². The normalized spacial score (nSPS) is 17.6. The van der Waals surface area contributed by atoms with Gasteiger partial charge in [-0.1, -0.05) is 24.3 Å². The minimum absolute atomic E-state index is 0.0928. The molecule has 170 valence electrons. The van der Waals surface area contributed by atoms with Crippen LogP contribution in [0.2, 0.25) is 0 Å². The number of nitrogens with one attached hydrogen (secondary N) is 1. The van der Waals surface area contributed by atoms with Gasteiger partial charge in [0.1, 0.15) is 4.90 Å². The lowest BCUT2D eigenvalue weighted by Crippen LogP contribution is -2.44. The van der Waals surface area contributed by atoms with Gasteiger partial charge < -0.3 is 15.1 Å². The summed E-state index contributed by atoms with van der Waals surface area (Å²) >= 11 is 0. The molecule has 0 aliphatic carbocycles. The van der Waals surface area contributed by atoms with Crippen molar-refractivity contribution in [1.29, 1.82) is 0 Å². The topological polar surface area (TPSA) is 81.7 Å². The summed E-state index contributed by atoms with van der Waals surface area (Å²) in [4.78, 5) is 13.7. The molecule has 33 heavy (non-hydrogen) atoms. The third-order valence-electron chi connectivity index (χ3n) is 5.96. The van der Waals surface area contributed by atoms with Gasteiger partial charge in [0.15, 0.2) is 0 Å². The highest BCUT2D eigenvalue weighted by Gasteiger charge is 2.35. The number of sulfonamides is 1. The van der Waals surface area contributed by atoms with E-state index < -0.39 is 10.0 Å². The lowest BCUT2D eigenvalue weighted by atomic mass is 10.1. The number of rotatable bonds is 4. The number of fused-ring (bicyclic) bond motifs is 3. The fourth-order valence-electron chi connectivity index (χ4n) is 4.16. The quantitative estimate of drug-likeness (QED) is 0.633. The average Bonchev–Trinajstić information content (AvgIpc) is 2.83. The maximum absolute atomic E-state index is 13.2. The van der Waals surface area contributed by atoms with Crippen molar-refractivity contribution >= 4 is 33.0 Å². The summed E-state index contributed by atoms with van der Waals surface area (Å²) in [6.07, 6.45) is 4.62. The van der Waals surface area contributed by atoms with Gasteiger partial charge in [0.05, 0.1) is 17.6 Å². The molecule has 0 bridgehead atoms. The molecule has 8 nitrogen and oxygen atoms in total. The minimum atomic E-state index is -3.79. The van der Waals surface area contributed by atoms with Crippen LogP contribution < -0.4 is 14.5 Å². The summed E-state index contributed by atoms with van der Waals surface area (Å²) in [6, 6.07) is 15.5. The number of hydrogen-bond donors (Lipinski definition) is 1. The van der Waals surface area contributed by atoms with Gasteiger partial charge in [0, 0.05) is 49.3 Å². The van der Waals surface area contributed by atoms with E-state index in [1.807, 2.05) is 30.3 Å². The van der Waals surface area contributed by atoms with Gasteiger partial charge in [-0.2, -0.15) is 0 Å². The molecule has 0 unspecified atom stereocenters. The van der Waals surface area contributed by atoms with Gasteiger partial charge in [-0.3, -0.25) is 0 Å². The first-order valence-electron chi connectivity index (χ1n) is 10.9. The number of piperazine rings is 1. The summed E-state index contributed by atoms with van der Waals surface area (Å²) < 4.78 is 27.7. The highest BCUT2D eigenvalue weighted by atomic mass is 32.2. The highest BCUT2D eigenvalue weighted by molar-refractivity contribution is 7.93. The number of hydrogen-bond acceptors (Lipinski definition) is 7. The Balaban J connectivity index is 1.44. The molecule has 1 N–H and O–H groups in total. The van der Waals surface area contributed by atoms with Crippen LogP contribution in [0.1, 0.15) is 6.92 Å². The fraction of sp³-hybridized carbons (Fsp3) is 0.250. The van der Waals surface area contributed by atoms with Gasteiger partial charge in [0.2, 0.25) is 5.95 Å². The van der Waals surface area contributed by atoms with Crippen LogP contribution in [0, 0.1) is 0 Å². The van der Waals surface area contributed by atoms with Crippen LogP contribution >= 0.6 is 0 Å². The number of anilines is 4. The molecule has 0 saturated carbocycles. The van der Waals surface area contributed by atoms with Crippen LogP contribution in [0.5, 0.6) is 0 Å². The molecule has 2 aliphatic rings. The SMILES string of the molecule is C/C=C/N1c2ccccc2-c2nc(Nc3ccc(N4CCN(C)CC4)cc3)ncc2S1(=O)=O. The molecule has 1 aromatic heterocycles. The second kappa shape index (κ2) is 8.49. The Labute approximate surface area is 194 Å². The molecular weight excluding hydrogens is 436 g/mol. The van der Waals surface area contributed by atoms with Crippen LogP contribution in [0.3, 0.4) is 0 Å². The molecular formula is C24H26N6O2S. The Bertz CT molecular complexity index is 1300. The summed E-state index contributed by atoms with van der Waals surface area (Å²) in [5.41, 5.74) is 3.75. The zero-order chi connectivity index (χ0) is 23.0. The Morgan fingerprint density at radius 2 is 1.73 bits per heavy atom. The smallest absolute Gasteiger partial charge is 0.271 e. The lowest BCUT2D eigenvalue weighted by molar-refractivity contribution is 0.313. The Kier molecular flexibility index (Phi) is 5.51. The van der Waals surface area contributed by atoms with E-state index in [9.17, 15) is 8.42 Å². The van der Waals surface area contributed by atoms with E-state index in [4.69, 9.17) is 0 Å². The van der Waals surface area contributed by atoms with E-state index in [1.54, 1.807) is 25.3 Å². The van der Waals surface area contributed by atoms with Crippen LogP contribution in [-0.4, -0.2) is 56.5 Å². The molecule has 0 atom stereocenters. The van der Waals surface area contributed by atoms with E-state index in [2.05, 4.69) is 44.3 Å². The van der Waals surface area contributed by atoms with Crippen molar-refractivity contribution in [3.63, 3.8) is 0 Å². The van der Waals surface area contributed by atoms with Crippen LogP contribution in [0.4, 0.5) is 23.0 Å². The molecule has 1 saturated heterocycles. The van der Waals surface area contributed by atoms with E-state index >= 15 is 0 Å². The molecule has 2 aliphatic heterocycles. The Hall–Kier alpha value is -3.43. The number of para-hydroxylation sites is 1. The van der Waals surface area contributed by atoms with Crippen molar-refractivity contribution in [2.45, 2.75) is 11.8 Å². The molecule has 0 radical (unpaired) electrons. The zero-order valence-electron chi connectivity index (χ0n) is 18.6. The maximum atomic E-state index is 13.2. The van der Waals surface area contributed by atoms with E-state index in [0.717, 1.165) is 37.4 Å². The second-order valence-electron chi connectivity index (χ2n) is 8.17. The Morgan fingerprint density at radius 1 is 1.00 bits per heavy atom. The maximum Gasteiger partial charge on any atom is 0.271 e. The highest BCUT2D eigenvalue weighted by Crippen LogP contribution is 2.42. The molecule has 3 aromatic rings. The van der Waals surface area contributed by atoms with Crippen molar-refractivity contribution < 1.29 is 8.42 Å². The standard InChI is InChI=1S/C24H26N6O2S/c1-3-12-30-21-7-5-4-6-20(21)23-22(33(30,31)32)17-25-24(27-23)26-18-8-10-19(11-9-18)29-15-13-28(2)14-16-29/h3-12,17H,13-16H2,1-2H3,(H,25,26,27)/b12-3+. The first-order chi connectivity index (χ1) is 16.0. The van der Waals surface area contributed by atoms with Crippen LogP contribution in [-0.2, 0) is 10.0 Å². The van der Waals surface area contributed by atoms with E-state index in [0.29, 0.717) is 17.3 Å². The zero-order valence-corrected chi connectivity index (χ0v) is 19.5. The van der Waals surface area contributed by atoms with Crippen molar-refractivity contribution in [2.24, 2.45) is 0 Å². The van der Waals surface area contributed by atoms with Crippen molar-refractivity contribution in [1.82, 2.24) is 14.9 Å². The average molecular weight is 463 g/mol. The van der Waals surface area contributed by atoms with Gasteiger partial charge in [-0.15, -0.1) is 0 Å². The number of allylic oxidation sites excluding steroid dienone is 1. The first-order valence-corrected chi connectivity index (χ1v) is 12.4. The van der Waals surface area contributed by atoms with Crippen molar-refractivity contribution in [2.75, 3.05) is 47.7 Å². The summed E-state index contributed by atoms with van der Waals surface area (Å²) in [7, 11) is -1.64. The van der Waals surface area contributed by atoms with Crippen LogP contribution in [0.15, 0.2) is 71.9 Å². The predicted molar refractivity (Wildman–Crippen MR) is 131 cm³/mol. The number of likely N-dealkylation sites (N-methyl/N-ethyl adjacent to an activating group) is 1. The Morgan fingerprint density at radius 3 is 2.45 bits per heavy atom. The van der Waals surface area contributed by atoms with Gasteiger partial charge in [-0.05, 0) is 44.3 Å². The van der Waals surface area contributed by atoms with Gasteiger partial charge in [-0.25, -0.2) is 22.7 Å². The molecule has 0 amide bonds. The molecule has 3 heterocycles. The van der Waals surface area contributed by atoms with E-state index in [-0.39, 0.29) is 4.90 Å². The number of aromatic nitrogens is 2. The summed E-state index contributed by atoms with van der Waals surface area (Å²) in [6.45, 7) is 5.91. The summed E-state index contributed by atoms with van der Waals surface area (Å²) in [5.74, 6) is 0.352. The predicted octanol–water partition coefficient (Wildman–Crippen LogP) is 3.68. The van der Waals surface area contributed by atoms with E-state index in [1.165, 1.54) is 16.2 Å². The molecule has 1 fully saturated rings. The minimum Gasteiger partial charge on any atom is -0.369 e. The lowest BCUT2D eigenvalue weighted by Gasteiger charge is -2.34. The molecule has 2 aromatic carbocycles. The summed E-state index contributed by atoms with van der Waals surface area (Å²) in [5, 5.41) is 3.21.